The molecule has 0 aromatic heterocycles. The minimum Gasteiger partial charge on any atom is -0.481 e. The van der Waals surface area contributed by atoms with E-state index < -0.39 is 6.10 Å². The van der Waals surface area contributed by atoms with Gasteiger partial charge in [0.25, 0.3) is 5.91 Å². The van der Waals surface area contributed by atoms with E-state index in [-0.39, 0.29) is 11.9 Å². The van der Waals surface area contributed by atoms with Crippen molar-refractivity contribution < 1.29 is 9.53 Å². The average Bonchev–Trinajstić information content (AvgIpc) is 3.02. The summed E-state index contributed by atoms with van der Waals surface area (Å²) in [6.45, 7) is 3.74. The molecule has 1 amide bonds. The van der Waals surface area contributed by atoms with Crippen molar-refractivity contribution in [3.8, 4) is 5.75 Å². The van der Waals surface area contributed by atoms with E-state index in [1.807, 2.05) is 6.92 Å². The maximum atomic E-state index is 12.4. The molecule has 0 saturated heterocycles. The van der Waals surface area contributed by atoms with Crippen LogP contribution in [-0.4, -0.2) is 12.0 Å². The predicted octanol–water partition coefficient (Wildman–Crippen LogP) is 4.47. The quantitative estimate of drug-likeness (QED) is 0.869. The minimum atomic E-state index is -0.583. The van der Waals surface area contributed by atoms with Gasteiger partial charge in [0, 0.05) is 5.02 Å². The van der Waals surface area contributed by atoms with E-state index in [9.17, 15) is 4.79 Å². The lowest BCUT2D eigenvalue weighted by Gasteiger charge is -2.19. The number of carbonyl (C=O) groups excluding carboxylic acids is 1. The summed E-state index contributed by atoms with van der Waals surface area (Å²) in [6, 6.07) is 13.5. The Hall–Kier alpha value is -2.00. The van der Waals surface area contributed by atoms with E-state index >= 15 is 0 Å². The van der Waals surface area contributed by atoms with Crippen molar-refractivity contribution in [1.82, 2.24) is 5.32 Å². The van der Waals surface area contributed by atoms with Crippen LogP contribution >= 0.6 is 11.6 Å². The van der Waals surface area contributed by atoms with E-state index in [0.717, 1.165) is 12.0 Å². The maximum Gasteiger partial charge on any atom is 0.261 e. The fraction of sp³-hybridized carbons (Fsp3) is 0.350. The van der Waals surface area contributed by atoms with E-state index in [1.54, 1.807) is 31.2 Å². The molecule has 2 atom stereocenters. The van der Waals surface area contributed by atoms with Crippen LogP contribution < -0.4 is 10.1 Å². The summed E-state index contributed by atoms with van der Waals surface area (Å²) in [4.78, 5) is 12.4. The zero-order valence-electron chi connectivity index (χ0n) is 14.0. The van der Waals surface area contributed by atoms with Crippen LogP contribution in [0.5, 0.6) is 5.75 Å². The summed E-state index contributed by atoms with van der Waals surface area (Å²) in [7, 11) is 0. The van der Waals surface area contributed by atoms with Crippen LogP contribution in [0.2, 0.25) is 5.02 Å². The molecule has 2 aromatic rings. The molecule has 0 unspecified atom stereocenters. The largest absolute Gasteiger partial charge is 0.481 e. The summed E-state index contributed by atoms with van der Waals surface area (Å²) in [5.41, 5.74) is 3.99. The Morgan fingerprint density at radius 2 is 1.92 bits per heavy atom. The average molecular weight is 344 g/mol. The van der Waals surface area contributed by atoms with Crippen molar-refractivity contribution in [2.45, 2.75) is 45.3 Å². The second-order valence-corrected chi connectivity index (χ2v) is 6.77. The molecular weight excluding hydrogens is 322 g/mol. The van der Waals surface area contributed by atoms with Crippen molar-refractivity contribution in [1.29, 1.82) is 0 Å². The van der Waals surface area contributed by atoms with Crippen LogP contribution in [0.4, 0.5) is 0 Å². The highest BCUT2D eigenvalue weighted by Gasteiger charge is 2.19. The van der Waals surface area contributed by atoms with Gasteiger partial charge in [-0.3, -0.25) is 4.79 Å². The number of hydrogen-bond donors (Lipinski definition) is 1. The molecule has 3 nitrogen and oxygen atoms in total. The van der Waals surface area contributed by atoms with Gasteiger partial charge in [-0.15, -0.1) is 0 Å². The highest BCUT2D eigenvalue weighted by molar-refractivity contribution is 6.30. The van der Waals surface area contributed by atoms with Gasteiger partial charge in [0.15, 0.2) is 6.10 Å². The predicted molar refractivity (Wildman–Crippen MR) is 96.6 cm³/mol. The summed E-state index contributed by atoms with van der Waals surface area (Å²) >= 11 is 5.94. The number of amides is 1. The summed E-state index contributed by atoms with van der Waals surface area (Å²) in [6.07, 6.45) is 2.95. The van der Waals surface area contributed by atoms with Crippen LogP contribution in [0.1, 0.15) is 43.0 Å². The molecule has 0 radical (unpaired) electrons. The maximum absolute atomic E-state index is 12.4. The van der Waals surface area contributed by atoms with Crippen LogP contribution in [0.3, 0.4) is 0 Å². The molecule has 1 N–H and O–H groups in total. The Morgan fingerprint density at radius 3 is 2.71 bits per heavy atom. The molecule has 0 bridgehead atoms. The number of benzene rings is 2. The topological polar surface area (TPSA) is 38.3 Å². The lowest BCUT2D eigenvalue weighted by Crippen LogP contribution is -2.37. The van der Waals surface area contributed by atoms with Gasteiger partial charge >= 0.3 is 0 Å². The monoisotopic (exact) mass is 343 g/mol. The van der Waals surface area contributed by atoms with Crippen LogP contribution in [0.15, 0.2) is 42.5 Å². The Labute approximate surface area is 148 Å². The van der Waals surface area contributed by atoms with Crippen LogP contribution in [0, 0.1) is 0 Å². The number of rotatable bonds is 5. The number of nitrogens with one attached hydrogen (secondary N) is 1. The summed E-state index contributed by atoms with van der Waals surface area (Å²) in [5.74, 6) is 0.457. The standard InChI is InChI=1S/C20H22ClNO2/c1-13(16-10-9-15-5-3-6-17(15)11-16)22-20(23)14(2)24-19-8-4-7-18(21)12-19/h4,7-14H,3,5-6H2,1-2H3,(H,22,23)/t13-,14-/m1/s1. The first-order valence-electron chi connectivity index (χ1n) is 8.37. The van der Waals surface area contributed by atoms with Gasteiger partial charge in [0.2, 0.25) is 0 Å². The molecular formula is C20H22ClNO2. The van der Waals surface area contributed by atoms with Crippen molar-refractivity contribution in [3.63, 3.8) is 0 Å². The SMILES string of the molecule is C[C@@H](Oc1cccc(Cl)c1)C(=O)N[C@H](C)c1ccc2c(c1)CCC2. The van der Waals surface area contributed by atoms with Gasteiger partial charge in [-0.2, -0.15) is 0 Å². The first-order chi connectivity index (χ1) is 11.5. The number of fused-ring (bicyclic) bond motifs is 1. The van der Waals surface area contributed by atoms with Gasteiger partial charge in [-0.25, -0.2) is 0 Å². The van der Waals surface area contributed by atoms with Gasteiger partial charge < -0.3 is 10.1 Å². The minimum absolute atomic E-state index is 0.0474. The number of carbonyl (C=O) groups is 1. The van der Waals surface area contributed by atoms with E-state index in [0.29, 0.717) is 10.8 Å². The van der Waals surface area contributed by atoms with Crippen molar-refractivity contribution in [2.75, 3.05) is 0 Å². The normalized spacial score (nSPS) is 15.5. The Balaban J connectivity index is 1.61. The highest BCUT2D eigenvalue weighted by atomic mass is 35.5. The number of hydrogen-bond acceptors (Lipinski definition) is 2. The fourth-order valence-corrected chi connectivity index (χ4v) is 3.25. The number of aryl methyl sites for hydroxylation is 2. The van der Waals surface area contributed by atoms with Crippen LogP contribution in [-0.2, 0) is 17.6 Å². The number of halogens is 1. The first kappa shape index (κ1) is 16.8. The zero-order valence-corrected chi connectivity index (χ0v) is 14.8. The van der Waals surface area contributed by atoms with Gasteiger partial charge in [0.05, 0.1) is 6.04 Å². The van der Waals surface area contributed by atoms with Crippen molar-refractivity contribution >= 4 is 17.5 Å². The molecule has 126 valence electrons. The summed E-state index contributed by atoms with van der Waals surface area (Å²) < 4.78 is 5.67. The second-order valence-electron chi connectivity index (χ2n) is 6.33. The second kappa shape index (κ2) is 7.27. The molecule has 0 spiro atoms. The van der Waals surface area contributed by atoms with Gasteiger partial charge in [-0.05, 0) is 68.0 Å². The first-order valence-corrected chi connectivity index (χ1v) is 8.75. The third kappa shape index (κ3) is 3.90. The molecule has 0 saturated carbocycles. The summed E-state index contributed by atoms with van der Waals surface area (Å²) in [5, 5.41) is 3.61. The Bertz CT molecular complexity index is 744. The van der Waals surface area contributed by atoms with E-state index in [2.05, 4.69) is 23.5 Å². The van der Waals surface area contributed by atoms with Crippen LogP contribution in [0.25, 0.3) is 0 Å². The fourth-order valence-electron chi connectivity index (χ4n) is 3.07. The molecule has 0 aliphatic heterocycles. The van der Waals surface area contributed by atoms with E-state index in [1.165, 1.54) is 24.0 Å². The van der Waals surface area contributed by atoms with Gasteiger partial charge in [0.1, 0.15) is 5.75 Å². The Kier molecular flexibility index (Phi) is 5.10. The molecule has 1 aliphatic carbocycles. The lowest BCUT2D eigenvalue weighted by atomic mass is 10.0. The smallest absolute Gasteiger partial charge is 0.261 e. The molecule has 0 heterocycles. The zero-order chi connectivity index (χ0) is 17.1. The number of ether oxygens (including phenoxy) is 1. The third-order valence-electron chi connectivity index (χ3n) is 4.46. The van der Waals surface area contributed by atoms with Gasteiger partial charge in [-0.1, -0.05) is 35.9 Å². The third-order valence-corrected chi connectivity index (χ3v) is 4.69. The Morgan fingerprint density at radius 1 is 1.12 bits per heavy atom. The lowest BCUT2D eigenvalue weighted by molar-refractivity contribution is -0.127. The van der Waals surface area contributed by atoms with Crippen molar-refractivity contribution in [3.05, 3.63) is 64.2 Å². The molecule has 3 rings (SSSR count). The molecule has 0 fully saturated rings. The molecule has 4 heteroatoms. The highest BCUT2D eigenvalue weighted by Crippen LogP contribution is 2.25. The molecule has 24 heavy (non-hydrogen) atoms. The molecule has 1 aliphatic rings. The molecule has 2 aromatic carbocycles. The van der Waals surface area contributed by atoms with Crippen molar-refractivity contribution in [2.24, 2.45) is 0 Å². The van der Waals surface area contributed by atoms with E-state index in [4.69, 9.17) is 16.3 Å².